The third-order valence-electron chi connectivity index (χ3n) is 3.44. The predicted molar refractivity (Wildman–Crippen MR) is 87.5 cm³/mol. The molecule has 0 atom stereocenters. The van der Waals surface area contributed by atoms with E-state index in [9.17, 15) is 0 Å². The first-order valence-corrected chi connectivity index (χ1v) is 7.22. The molecule has 0 aliphatic carbocycles. The van der Waals surface area contributed by atoms with Crippen molar-refractivity contribution in [3.8, 4) is 0 Å². The maximum Gasteiger partial charge on any atom is -0.00303 e. The first-order chi connectivity index (χ1) is 9.31. The lowest BCUT2D eigenvalue weighted by Gasteiger charge is -2.08. The van der Waals surface area contributed by atoms with Crippen molar-refractivity contribution in [1.82, 2.24) is 0 Å². The van der Waals surface area contributed by atoms with Gasteiger partial charge in [0, 0.05) is 0 Å². The third-order valence-corrected chi connectivity index (χ3v) is 3.44. The molecule has 0 saturated heterocycles. The highest BCUT2D eigenvalue weighted by Crippen LogP contribution is 2.26. The summed E-state index contributed by atoms with van der Waals surface area (Å²) in [7, 11) is 0. The molecular formula is C19H22. The Morgan fingerprint density at radius 1 is 0.842 bits per heavy atom. The van der Waals surface area contributed by atoms with E-state index in [1.807, 2.05) is 13.8 Å². The Kier molecular flexibility index (Phi) is 4.21. The molecule has 0 nitrogen and oxygen atoms in total. The highest BCUT2D eigenvalue weighted by Gasteiger charge is 2.04. The van der Waals surface area contributed by atoms with E-state index in [-0.39, 0.29) is 0 Å². The van der Waals surface area contributed by atoms with Crippen LogP contribution in [-0.4, -0.2) is 0 Å². The smallest absolute Gasteiger partial charge is 0.00303 e. The minimum atomic E-state index is 1.08. The second-order valence-corrected chi connectivity index (χ2v) is 4.60. The quantitative estimate of drug-likeness (QED) is 0.554. The molecule has 0 fully saturated rings. The van der Waals surface area contributed by atoms with Gasteiger partial charge in [0.05, 0.1) is 0 Å². The van der Waals surface area contributed by atoms with E-state index < -0.39 is 0 Å². The molecule has 0 bridgehead atoms. The van der Waals surface area contributed by atoms with Crippen LogP contribution < -0.4 is 5.22 Å². The molecule has 0 aromatic heterocycles. The van der Waals surface area contributed by atoms with Crippen molar-refractivity contribution in [2.24, 2.45) is 0 Å². The fraction of sp³-hybridized carbons (Fsp3) is 0.263. The summed E-state index contributed by atoms with van der Waals surface area (Å²) in [4.78, 5) is 0. The van der Waals surface area contributed by atoms with Crippen LogP contribution in [0.5, 0.6) is 0 Å². The van der Waals surface area contributed by atoms with Crippen molar-refractivity contribution >= 4 is 27.6 Å². The maximum absolute atomic E-state index is 2.31. The third kappa shape index (κ3) is 2.35. The largest absolute Gasteiger partial charge is 0.0769 e. The van der Waals surface area contributed by atoms with Crippen LogP contribution in [0.1, 0.15) is 32.8 Å². The van der Waals surface area contributed by atoms with Crippen LogP contribution >= 0.6 is 0 Å². The van der Waals surface area contributed by atoms with Crippen LogP contribution in [0, 0.1) is 6.92 Å². The zero-order valence-corrected chi connectivity index (χ0v) is 12.3. The Morgan fingerprint density at radius 3 is 2.11 bits per heavy atom. The summed E-state index contributed by atoms with van der Waals surface area (Å²) in [5, 5.41) is 6.88. The summed E-state index contributed by atoms with van der Waals surface area (Å²) >= 11 is 0. The van der Waals surface area contributed by atoms with Gasteiger partial charge in [0.1, 0.15) is 0 Å². The van der Waals surface area contributed by atoms with Crippen molar-refractivity contribution in [2.45, 2.75) is 34.1 Å². The van der Waals surface area contributed by atoms with Crippen molar-refractivity contribution in [1.29, 1.82) is 0 Å². The second kappa shape index (κ2) is 5.88. The van der Waals surface area contributed by atoms with Gasteiger partial charge in [-0.2, -0.15) is 0 Å². The van der Waals surface area contributed by atoms with Crippen molar-refractivity contribution in [2.75, 3.05) is 0 Å². The van der Waals surface area contributed by atoms with Crippen LogP contribution in [-0.2, 0) is 0 Å². The average molecular weight is 250 g/mol. The van der Waals surface area contributed by atoms with Gasteiger partial charge < -0.3 is 0 Å². The summed E-state index contributed by atoms with van der Waals surface area (Å²) < 4.78 is 0. The van der Waals surface area contributed by atoms with Crippen molar-refractivity contribution in [3.05, 3.63) is 53.2 Å². The van der Waals surface area contributed by atoms with E-state index in [4.69, 9.17) is 0 Å². The van der Waals surface area contributed by atoms with Crippen molar-refractivity contribution in [3.63, 3.8) is 0 Å². The minimum absolute atomic E-state index is 1.08. The number of aryl methyl sites for hydroxylation is 1. The molecule has 0 aliphatic heterocycles. The molecule has 0 N–H and O–H groups in total. The van der Waals surface area contributed by atoms with E-state index in [2.05, 4.69) is 62.4 Å². The predicted octanol–water partition coefficient (Wildman–Crippen LogP) is 5.24. The van der Waals surface area contributed by atoms with Gasteiger partial charge in [-0.15, -0.1) is 0 Å². The van der Waals surface area contributed by atoms with Gasteiger partial charge in [0.15, 0.2) is 0 Å². The standard InChI is InChI=1S/C17H16.C2H6/c1-3-5-13-10-11-15-7-4-6-14-9-8-12(2)16(13)17(14)15;1-2/h4-11H,3H2,1-2H3;1-2H3/b13-5-;. The fourth-order valence-electron chi connectivity index (χ4n) is 2.68. The lowest BCUT2D eigenvalue weighted by atomic mass is 9.95. The van der Waals surface area contributed by atoms with E-state index in [0.717, 1.165) is 6.42 Å². The molecule has 0 saturated carbocycles. The van der Waals surface area contributed by atoms with Crippen LogP contribution in [0.15, 0.2) is 42.5 Å². The van der Waals surface area contributed by atoms with E-state index in [0.29, 0.717) is 0 Å². The van der Waals surface area contributed by atoms with Crippen molar-refractivity contribution < 1.29 is 0 Å². The second-order valence-electron chi connectivity index (χ2n) is 4.60. The molecule has 0 radical (unpaired) electrons. The first kappa shape index (κ1) is 13.6. The first-order valence-electron chi connectivity index (χ1n) is 7.22. The van der Waals surface area contributed by atoms with Gasteiger partial charge in [0.25, 0.3) is 0 Å². The molecule has 0 amide bonds. The highest BCUT2D eigenvalue weighted by molar-refractivity contribution is 6.11. The molecule has 0 spiro atoms. The van der Waals surface area contributed by atoms with Gasteiger partial charge >= 0.3 is 0 Å². The molecular weight excluding hydrogens is 228 g/mol. The average Bonchev–Trinajstić information content (AvgIpc) is 2.46. The molecule has 0 heteroatoms. The normalized spacial score (nSPS) is 11.7. The van der Waals surface area contributed by atoms with Gasteiger partial charge in [-0.3, -0.25) is 0 Å². The lowest BCUT2D eigenvalue weighted by molar-refractivity contribution is 1.29. The summed E-state index contributed by atoms with van der Waals surface area (Å²) in [6.07, 6.45) is 3.39. The molecule has 3 rings (SSSR count). The molecule has 3 aromatic carbocycles. The number of rotatable bonds is 1. The van der Waals surface area contributed by atoms with E-state index in [1.54, 1.807) is 0 Å². The van der Waals surface area contributed by atoms with E-state index in [1.165, 1.54) is 32.3 Å². The molecule has 3 aromatic rings. The van der Waals surface area contributed by atoms with Crippen LogP contribution in [0.2, 0.25) is 0 Å². The van der Waals surface area contributed by atoms with Gasteiger partial charge in [-0.25, -0.2) is 0 Å². The number of hydrogen-bond donors (Lipinski definition) is 0. The lowest BCUT2D eigenvalue weighted by Crippen LogP contribution is -2.03. The number of hydrogen-bond acceptors (Lipinski definition) is 0. The molecule has 0 aliphatic rings. The SMILES string of the molecule is CC.CC/C=c1/ccc2cccc3ccc(C)c1c32. The molecule has 0 unspecified atom stereocenters. The summed E-state index contributed by atoms with van der Waals surface area (Å²) in [5.41, 5.74) is 1.37. The summed E-state index contributed by atoms with van der Waals surface area (Å²) in [6.45, 7) is 8.39. The zero-order chi connectivity index (χ0) is 13.8. The Balaban J connectivity index is 0.000000637. The number of benzene rings is 3. The van der Waals surface area contributed by atoms with E-state index >= 15 is 0 Å². The Morgan fingerprint density at radius 2 is 1.47 bits per heavy atom. The monoisotopic (exact) mass is 250 g/mol. The molecule has 19 heavy (non-hydrogen) atoms. The Labute approximate surface area is 115 Å². The summed E-state index contributed by atoms with van der Waals surface area (Å²) in [6, 6.07) is 15.5. The summed E-state index contributed by atoms with van der Waals surface area (Å²) in [5.74, 6) is 0. The zero-order valence-electron chi connectivity index (χ0n) is 12.3. The fourth-order valence-corrected chi connectivity index (χ4v) is 2.68. The van der Waals surface area contributed by atoms with Gasteiger partial charge in [0.2, 0.25) is 0 Å². The Bertz CT molecular complexity index is 720. The van der Waals surface area contributed by atoms with Crippen LogP contribution in [0.4, 0.5) is 0 Å². The minimum Gasteiger partial charge on any atom is -0.0769 e. The maximum atomic E-state index is 2.31. The highest BCUT2D eigenvalue weighted by atomic mass is 14.1. The van der Waals surface area contributed by atoms with Gasteiger partial charge in [-0.05, 0) is 45.7 Å². The van der Waals surface area contributed by atoms with Gasteiger partial charge in [-0.1, -0.05) is 69.3 Å². The van der Waals surface area contributed by atoms with Crippen LogP contribution in [0.3, 0.4) is 0 Å². The Hall–Kier alpha value is -1.82. The molecule has 98 valence electrons. The topological polar surface area (TPSA) is 0 Å². The van der Waals surface area contributed by atoms with Crippen LogP contribution in [0.25, 0.3) is 27.6 Å². The molecule has 0 heterocycles.